The van der Waals surface area contributed by atoms with Crippen LogP contribution in [0.15, 0.2) is 12.3 Å². The van der Waals surface area contributed by atoms with Crippen molar-refractivity contribution in [2.24, 2.45) is 0 Å². The Labute approximate surface area is 127 Å². The van der Waals surface area contributed by atoms with E-state index in [0.717, 1.165) is 17.8 Å². The van der Waals surface area contributed by atoms with Crippen LogP contribution in [0.5, 0.6) is 0 Å². The van der Waals surface area contributed by atoms with Crippen LogP contribution in [0, 0.1) is 0 Å². The summed E-state index contributed by atoms with van der Waals surface area (Å²) in [5.74, 6) is -0.0325. The number of aromatic nitrogens is 3. The van der Waals surface area contributed by atoms with Crippen molar-refractivity contribution in [3.63, 3.8) is 0 Å². The van der Waals surface area contributed by atoms with Crippen LogP contribution in [0.1, 0.15) is 65.4 Å². The van der Waals surface area contributed by atoms with Gasteiger partial charge in [-0.05, 0) is 25.8 Å². The molecule has 0 atom stereocenters. The number of carbonyl (C=O) groups excluding carboxylic acids is 2. The van der Waals surface area contributed by atoms with E-state index in [9.17, 15) is 9.59 Å². The van der Waals surface area contributed by atoms with Gasteiger partial charge in [-0.25, -0.2) is 0 Å². The quantitative estimate of drug-likeness (QED) is 0.802. The second-order valence-corrected chi connectivity index (χ2v) is 5.78. The first-order chi connectivity index (χ1) is 10.0. The van der Waals surface area contributed by atoms with Gasteiger partial charge in [0, 0.05) is 17.7 Å². The number of Topliss-reactive ketones (excluding diaryl/α,β-unsaturated/α-hetero) is 1. The third-order valence-corrected chi connectivity index (χ3v) is 4.33. The van der Waals surface area contributed by atoms with Crippen LogP contribution in [0.2, 0.25) is 0 Å². The Bertz CT molecular complexity index is 643. The van der Waals surface area contributed by atoms with Crippen molar-refractivity contribution in [3.8, 4) is 0 Å². The zero-order valence-electron chi connectivity index (χ0n) is 12.3. The van der Waals surface area contributed by atoms with E-state index in [1.807, 2.05) is 0 Å². The molecule has 0 aromatic carbocycles. The van der Waals surface area contributed by atoms with Crippen molar-refractivity contribution in [1.29, 1.82) is 0 Å². The molecule has 0 spiro atoms. The van der Waals surface area contributed by atoms with Crippen molar-refractivity contribution in [1.82, 2.24) is 15.2 Å². The number of nitrogens with zero attached hydrogens (tertiary/aromatic N) is 2. The highest BCUT2D eigenvalue weighted by atomic mass is 32.1. The minimum absolute atomic E-state index is 0.0859. The summed E-state index contributed by atoms with van der Waals surface area (Å²) in [6, 6.07) is 1.53. The smallest absolute Gasteiger partial charge is 0.273 e. The van der Waals surface area contributed by atoms with Gasteiger partial charge in [0.25, 0.3) is 5.91 Å². The molecule has 0 saturated carbocycles. The molecule has 0 fully saturated rings. The lowest BCUT2D eigenvalue weighted by atomic mass is 10.1. The van der Waals surface area contributed by atoms with Gasteiger partial charge in [0.15, 0.2) is 5.78 Å². The van der Waals surface area contributed by atoms with Gasteiger partial charge in [-0.2, -0.15) is 0 Å². The molecule has 0 unspecified atom stereocenters. The summed E-state index contributed by atoms with van der Waals surface area (Å²) in [5.41, 5.74) is 0.814. The highest BCUT2D eigenvalue weighted by Crippen LogP contribution is 2.28. The zero-order chi connectivity index (χ0) is 15.4. The fraction of sp³-hybridized carbons (Fsp3) is 0.429. The molecule has 0 radical (unpaired) electrons. The SMILES string of the molecule is CCC(CC)c1nnc(NC(=O)c2cc(C(C)=O)c[nH]2)s1. The molecular formula is C14H18N4O2S. The molecule has 2 rings (SSSR count). The fourth-order valence-corrected chi connectivity index (χ4v) is 2.99. The number of hydrogen-bond acceptors (Lipinski definition) is 5. The molecule has 7 heteroatoms. The van der Waals surface area contributed by atoms with Gasteiger partial charge in [0.1, 0.15) is 10.7 Å². The van der Waals surface area contributed by atoms with Gasteiger partial charge < -0.3 is 4.98 Å². The third kappa shape index (κ3) is 3.55. The van der Waals surface area contributed by atoms with Crippen molar-refractivity contribution in [3.05, 3.63) is 28.5 Å². The molecule has 2 N–H and O–H groups in total. The van der Waals surface area contributed by atoms with Crippen LogP contribution in [-0.2, 0) is 0 Å². The number of nitrogens with one attached hydrogen (secondary N) is 2. The molecule has 112 valence electrons. The molecule has 2 heterocycles. The maximum atomic E-state index is 12.1. The number of H-pyrrole nitrogens is 1. The molecule has 6 nitrogen and oxygen atoms in total. The van der Waals surface area contributed by atoms with E-state index in [0.29, 0.717) is 22.3 Å². The molecule has 21 heavy (non-hydrogen) atoms. The van der Waals surface area contributed by atoms with Gasteiger partial charge in [0.05, 0.1) is 0 Å². The summed E-state index contributed by atoms with van der Waals surface area (Å²) in [5, 5.41) is 12.2. The zero-order valence-corrected chi connectivity index (χ0v) is 13.1. The van der Waals surface area contributed by atoms with E-state index in [1.165, 1.54) is 30.5 Å². The van der Waals surface area contributed by atoms with Gasteiger partial charge >= 0.3 is 0 Å². The lowest BCUT2D eigenvalue weighted by molar-refractivity contribution is 0.101. The van der Waals surface area contributed by atoms with Crippen LogP contribution in [0.3, 0.4) is 0 Å². The maximum Gasteiger partial charge on any atom is 0.273 e. The minimum atomic E-state index is -0.324. The summed E-state index contributed by atoms with van der Waals surface area (Å²) >= 11 is 1.39. The lowest BCUT2D eigenvalue weighted by Gasteiger charge is -2.05. The third-order valence-electron chi connectivity index (χ3n) is 3.33. The average Bonchev–Trinajstić information content (AvgIpc) is 3.09. The van der Waals surface area contributed by atoms with Crippen molar-refractivity contribution in [2.45, 2.75) is 39.5 Å². The van der Waals surface area contributed by atoms with E-state index in [2.05, 4.69) is 34.3 Å². The largest absolute Gasteiger partial charge is 0.356 e. The van der Waals surface area contributed by atoms with E-state index < -0.39 is 0 Å². The molecule has 0 aliphatic heterocycles. The first kappa shape index (κ1) is 15.4. The molecule has 1 amide bonds. The normalized spacial score (nSPS) is 10.9. The van der Waals surface area contributed by atoms with Gasteiger partial charge in [0.2, 0.25) is 5.13 Å². The summed E-state index contributed by atoms with van der Waals surface area (Å²) < 4.78 is 0. The van der Waals surface area contributed by atoms with Gasteiger partial charge in [-0.1, -0.05) is 25.2 Å². The van der Waals surface area contributed by atoms with E-state index in [-0.39, 0.29) is 11.7 Å². The Balaban J connectivity index is 2.07. The van der Waals surface area contributed by atoms with Crippen molar-refractivity contribution < 1.29 is 9.59 Å². The number of amides is 1. The average molecular weight is 306 g/mol. The maximum absolute atomic E-state index is 12.1. The number of aromatic amines is 1. The number of ketones is 1. The van der Waals surface area contributed by atoms with Crippen LogP contribution in [-0.4, -0.2) is 26.9 Å². The first-order valence-electron chi connectivity index (χ1n) is 6.89. The standard InChI is InChI=1S/C14H18N4O2S/c1-4-9(5-2)13-17-18-14(21-13)16-12(20)11-6-10(7-15-11)8(3)19/h6-7,9,15H,4-5H2,1-3H3,(H,16,18,20). The second-order valence-electron chi connectivity index (χ2n) is 4.77. The van der Waals surface area contributed by atoms with E-state index in [1.54, 1.807) is 0 Å². The molecule has 0 aliphatic carbocycles. The highest BCUT2D eigenvalue weighted by molar-refractivity contribution is 7.15. The van der Waals surface area contributed by atoms with Crippen molar-refractivity contribution in [2.75, 3.05) is 5.32 Å². The van der Waals surface area contributed by atoms with Gasteiger partial charge in [-0.3, -0.25) is 14.9 Å². The Kier molecular flexibility index (Phi) is 4.85. The molecular weight excluding hydrogens is 288 g/mol. The minimum Gasteiger partial charge on any atom is -0.356 e. The predicted octanol–water partition coefficient (Wildman–Crippen LogP) is 3.22. The van der Waals surface area contributed by atoms with Crippen LogP contribution < -0.4 is 5.32 Å². The Morgan fingerprint density at radius 1 is 1.33 bits per heavy atom. The van der Waals surface area contributed by atoms with Crippen LogP contribution in [0.25, 0.3) is 0 Å². The fourth-order valence-electron chi connectivity index (χ4n) is 1.98. The monoisotopic (exact) mass is 306 g/mol. The summed E-state index contributed by atoms with van der Waals surface area (Å²) in [7, 11) is 0. The summed E-state index contributed by atoms with van der Waals surface area (Å²) in [6.07, 6.45) is 3.52. The highest BCUT2D eigenvalue weighted by Gasteiger charge is 2.16. The lowest BCUT2D eigenvalue weighted by Crippen LogP contribution is -2.12. The number of rotatable bonds is 6. The van der Waals surface area contributed by atoms with Crippen molar-refractivity contribution >= 4 is 28.2 Å². The summed E-state index contributed by atoms with van der Waals surface area (Å²) in [6.45, 7) is 5.67. The first-order valence-corrected chi connectivity index (χ1v) is 7.70. The second kappa shape index (κ2) is 6.62. The molecule has 0 aliphatic rings. The van der Waals surface area contributed by atoms with E-state index in [4.69, 9.17) is 0 Å². The Hall–Kier alpha value is -2.02. The predicted molar refractivity (Wildman–Crippen MR) is 82.0 cm³/mol. The molecule has 2 aromatic heterocycles. The molecule has 2 aromatic rings. The van der Waals surface area contributed by atoms with E-state index >= 15 is 0 Å². The van der Waals surface area contributed by atoms with Crippen LogP contribution >= 0.6 is 11.3 Å². The number of carbonyl (C=O) groups is 2. The van der Waals surface area contributed by atoms with Gasteiger partial charge in [-0.15, -0.1) is 10.2 Å². The molecule has 0 bridgehead atoms. The Morgan fingerprint density at radius 3 is 2.62 bits per heavy atom. The molecule has 0 saturated heterocycles. The van der Waals surface area contributed by atoms with Crippen LogP contribution in [0.4, 0.5) is 5.13 Å². The topological polar surface area (TPSA) is 87.7 Å². The number of anilines is 1. The Morgan fingerprint density at radius 2 is 2.05 bits per heavy atom. The summed E-state index contributed by atoms with van der Waals surface area (Å²) in [4.78, 5) is 26.0. The number of hydrogen-bond donors (Lipinski definition) is 2.